The summed E-state index contributed by atoms with van der Waals surface area (Å²) in [6.07, 6.45) is 0. The van der Waals surface area contributed by atoms with Crippen molar-refractivity contribution in [2.45, 2.75) is 6.92 Å². The molecule has 0 bridgehead atoms. The second-order valence-corrected chi connectivity index (χ2v) is 5.53. The van der Waals surface area contributed by atoms with Crippen molar-refractivity contribution in [1.82, 2.24) is 0 Å². The Kier molecular flexibility index (Phi) is 3.88. The number of anilines is 2. The van der Waals surface area contributed by atoms with E-state index in [2.05, 4.69) is 5.32 Å². The molecule has 5 nitrogen and oxygen atoms in total. The van der Waals surface area contributed by atoms with Gasteiger partial charge in [-0.1, -0.05) is 24.3 Å². The molecule has 0 aromatic heterocycles. The van der Waals surface area contributed by atoms with Crippen molar-refractivity contribution in [2.24, 2.45) is 0 Å². The Bertz CT molecular complexity index is 812. The number of hydrogen-bond acceptors (Lipinski definition) is 5. The van der Waals surface area contributed by atoms with Gasteiger partial charge in [-0.15, -0.1) is 0 Å². The van der Waals surface area contributed by atoms with Gasteiger partial charge in [-0.3, -0.25) is 9.59 Å². The quantitative estimate of drug-likeness (QED) is 0.571. The molecule has 0 unspecified atom stereocenters. The number of aryl methyl sites for hydroxylation is 1. The highest BCUT2D eigenvalue weighted by molar-refractivity contribution is 6.32. The summed E-state index contributed by atoms with van der Waals surface area (Å²) >= 11 is 0. The van der Waals surface area contributed by atoms with Gasteiger partial charge in [-0.2, -0.15) is 0 Å². The number of methoxy groups -OCH3 is 1. The summed E-state index contributed by atoms with van der Waals surface area (Å²) in [6.45, 7) is 2.86. The van der Waals surface area contributed by atoms with Crippen molar-refractivity contribution in [3.63, 3.8) is 0 Å². The molecule has 0 amide bonds. The van der Waals surface area contributed by atoms with Crippen LogP contribution >= 0.6 is 0 Å². The molecule has 5 heteroatoms. The number of rotatable bonds is 4. The number of nitrogens with one attached hydrogen (secondary N) is 1. The lowest BCUT2D eigenvalue weighted by molar-refractivity contribution is 0.0980. The van der Waals surface area contributed by atoms with Crippen LogP contribution in [-0.4, -0.2) is 31.8 Å². The molecule has 0 atom stereocenters. The summed E-state index contributed by atoms with van der Waals surface area (Å²) in [6, 6.07) is 8.65. The van der Waals surface area contributed by atoms with Crippen LogP contribution in [0.5, 0.6) is 0 Å². The van der Waals surface area contributed by atoms with Crippen LogP contribution in [0.1, 0.15) is 37.4 Å². The van der Waals surface area contributed by atoms with Crippen LogP contribution in [0.3, 0.4) is 0 Å². The van der Waals surface area contributed by atoms with Gasteiger partial charge in [0.15, 0.2) is 11.6 Å². The summed E-state index contributed by atoms with van der Waals surface area (Å²) in [4.78, 5) is 25.7. The Morgan fingerprint density at radius 1 is 1.09 bits per heavy atom. The van der Waals surface area contributed by atoms with Crippen LogP contribution < -0.4 is 11.1 Å². The minimum absolute atomic E-state index is 0.179. The summed E-state index contributed by atoms with van der Waals surface area (Å²) in [5.74, 6) is -0.381. The summed E-state index contributed by atoms with van der Waals surface area (Å²) in [7, 11) is 1.61. The zero-order valence-electron chi connectivity index (χ0n) is 13.1. The van der Waals surface area contributed by atoms with Crippen molar-refractivity contribution in [3.8, 4) is 0 Å². The summed E-state index contributed by atoms with van der Waals surface area (Å²) < 4.78 is 5.03. The molecule has 0 aliphatic heterocycles. The average Bonchev–Trinajstić information content (AvgIpc) is 2.56. The monoisotopic (exact) mass is 310 g/mol. The van der Waals surface area contributed by atoms with Crippen LogP contribution in [0.2, 0.25) is 0 Å². The second kappa shape index (κ2) is 5.85. The molecule has 1 aliphatic carbocycles. The van der Waals surface area contributed by atoms with E-state index >= 15 is 0 Å². The van der Waals surface area contributed by atoms with E-state index in [0.29, 0.717) is 46.8 Å². The molecule has 2 aromatic carbocycles. The van der Waals surface area contributed by atoms with Gasteiger partial charge in [0.25, 0.3) is 0 Å². The molecule has 0 spiro atoms. The van der Waals surface area contributed by atoms with Crippen LogP contribution in [0, 0.1) is 6.92 Å². The van der Waals surface area contributed by atoms with E-state index in [0.717, 1.165) is 5.56 Å². The summed E-state index contributed by atoms with van der Waals surface area (Å²) in [5, 5.41) is 3.17. The van der Waals surface area contributed by atoms with Gasteiger partial charge >= 0.3 is 0 Å². The lowest BCUT2D eigenvalue weighted by atomic mass is 9.81. The van der Waals surface area contributed by atoms with Crippen molar-refractivity contribution < 1.29 is 14.3 Å². The van der Waals surface area contributed by atoms with Crippen molar-refractivity contribution in [2.75, 3.05) is 31.3 Å². The molecule has 0 fully saturated rings. The zero-order chi connectivity index (χ0) is 16.6. The van der Waals surface area contributed by atoms with Crippen LogP contribution in [0.15, 0.2) is 30.3 Å². The fourth-order valence-electron chi connectivity index (χ4n) is 2.88. The highest BCUT2D eigenvalue weighted by atomic mass is 16.5. The lowest BCUT2D eigenvalue weighted by Gasteiger charge is -2.23. The molecule has 0 saturated carbocycles. The summed E-state index contributed by atoms with van der Waals surface area (Å²) in [5.41, 5.74) is 9.35. The number of benzene rings is 2. The number of ether oxygens (including phenoxy) is 1. The molecule has 118 valence electrons. The van der Waals surface area contributed by atoms with Gasteiger partial charge in [0, 0.05) is 36.2 Å². The molecular formula is C18H18N2O3. The zero-order valence-corrected chi connectivity index (χ0v) is 13.1. The Hall–Kier alpha value is -2.66. The maximum absolute atomic E-state index is 12.9. The fraction of sp³-hybridized carbons (Fsp3) is 0.222. The third-order valence-corrected chi connectivity index (χ3v) is 4.07. The van der Waals surface area contributed by atoms with E-state index in [9.17, 15) is 9.59 Å². The molecule has 23 heavy (non-hydrogen) atoms. The Labute approximate surface area is 134 Å². The smallest absolute Gasteiger partial charge is 0.196 e. The maximum Gasteiger partial charge on any atom is 0.196 e. The second-order valence-electron chi connectivity index (χ2n) is 5.53. The molecule has 0 saturated heterocycles. The third kappa shape index (κ3) is 2.39. The first-order valence-corrected chi connectivity index (χ1v) is 7.40. The molecule has 1 aliphatic rings. The van der Waals surface area contributed by atoms with E-state index < -0.39 is 0 Å². The topological polar surface area (TPSA) is 81.4 Å². The van der Waals surface area contributed by atoms with Gasteiger partial charge in [0.1, 0.15) is 0 Å². The number of carbonyl (C=O) groups excluding carboxylic acids is 2. The van der Waals surface area contributed by atoms with E-state index in [-0.39, 0.29) is 11.6 Å². The fourth-order valence-corrected chi connectivity index (χ4v) is 2.88. The van der Waals surface area contributed by atoms with Crippen molar-refractivity contribution in [1.29, 1.82) is 0 Å². The molecule has 0 radical (unpaired) electrons. The Morgan fingerprint density at radius 3 is 2.30 bits per heavy atom. The standard InChI is InChI=1S/C18H18N2O3/c1-10-9-13(20-7-8-23-2)14-15(16(10)19)18(22)12-6-4-3-5-11(12)17(14)21/h3-6,9,20H,7-8,19H2,1-2H3. The number of fused-ring (bicyclic) bond motifs is 2. The maximum atomic E-state index is 12.9. The molecule has 0 heterocycles. The number of ketones is 2. The highest BCUT2D eigenvalue weighted by Crippen LogP contribution is 2.37. The minimum Gasteiger partial charge on any atom is -0.398 e. The number of nitrogens with two attached hydrogens (primary N) is 1. The van der Waals surface area contributed by atoms with Crippen molar-refractivity contribution >= 4 is 22.9 Å². The normalized spacial score (nSPS) is 12.8. The van der Waals surface area contributed by atoms with Gasteiger partial charge in [0.2, 0.25) is 0 Å². The van der Waals surface area contributed by atoms with Crippen molar-refractivity contribution in [3.05, 3.63) is 58.1 Å². The van der Waals surface area contributed by atoms with Gasteiger partial charge < -0.3 is 15.8 Å². The van der Waals surface area contributed by atoms with E-state index in [1.807, 2.05) is 13.0 Å². The SMILES string of the molecule is COCCNc1cc(C)c(N)c2c1C(=O)c1ccccc1C2=O. The van der Waals surface area contributed by atoms with Crippen LogP contribution in [0.4, 0.5) is 11.4 Å². The lowest BCUT2D eigenvalue weighted by Crippen LogP contribution is -2.25. The van der Waals surface area contributed by atoms with E-state index in [1.54, 1.807) is 31.4 Å². The molecule has 3 N–H and O–H groups in total. The van der Waals surface area contributed by atoms with Gasteiger partial charge in [-0.05, 0) is 18.6 Å². The molecule has 3 rings (SSSR count). The number of nitrogen functional groups attached to an aromatic ring is 1. The van der Waals surface area contributed by atoms with Gasteiger partial charge in [0.05, 0.1) is 17.7 Å². The molecule has 2 aromatic rings. The Morgan fingerprint density at radius 2 is 1.70 bits per heavy atom. The van der Waals surface area contributed by atoms with Gasteiger partial charge in [-0.25, -0.2) is 0 Å². The number of carbonyl (C=O) groups is 2. The average molecular weight is 310 g/mol. The van der Waals surface area contributed by atoms with E-state index in [4.69, 9.17) is 10.5 Å². The first kappa shape index (κ1) is 15.2. The predicted octanol–water partition coefficient (Wildman–Crippen LogP) is 2.41. The van der Waals surface area contributed by atoms with Crippen LogP contribution in [-0.2, 0) is 4.74 Å². The first-order chi connectivity index (χ1) is 11.1. The van der Waals surface area contributed by atoms with E-state index in [1.165, 1.54) is 0 Å². The third-order valence-electron chi connectivity index (χ3n) is 4.07. The Balaban J connectivity index is 2.20. The highest BCUT2D eigenvalue weighted by Gasteiger charge is 2.33. The molecular weight excluding hydrogens is 292 g/mol. The largest absolute Gasteiger partial charge is 0.398 e. The van der Waals surface area contributed by atoms with Crippen LogP contribution in [0.25, 0.3) is 0 Å². The minimum atomic E-state index is -0.203. The predicted molar refractivity (Wildman–Crippen MR) is 89.3 cm³/mol. The number of hydrogen-bond donors (Lipinski definition) is 2. The first-order valence-electron chi connectivity index (χ1n) is 7.40.